The number of carbonyl (C=O) groups excluding carboxylic acids is 2. The quantitative estimate of drug-likeness (QED) is 0.707. The maximum absolute atomic E-state index is 14.2. The summed E-state index contributed by atoms with van der Waals surface area (Å²) in [6.45, 7) is 1.65. The van der Waals surface area contributed by atoms with Gasteiger partial charge in [0.2, 0.25) is 5.91 Å². The fourth-order valence-electron chi connectivity index (χ4n) is 3.04. The molecule has 10 heteroatoms. The normalized spacial score (nSPS) is 16.1. The zero-order valence-electron chi connectivity index (χ0n) is 15.4. The highest BCUT2D eigenvalue weighted by Gasteiger charge is 2.35. The summed E-state index contributed by atoms with van der Waals surface area (Å²) in [5, 5.41) is 13.8. The number of aryl methyl sites for hydroxylation is 1. The minimum Gasteiger partial charge on any atom is -0.324 e. The van der Waals surface area contributed by atoms with Crippen LogP contribution in [0.5, 0.6) is 0 Å². The number of nitrogens with one attached hydrogen (secondary N) is 1. The van der Waals surface area contributed by atoms with Crippen molar-refractivity contribution in [3.8, 4) is 5.69 Å². The molecule has 29 heavy (non-hydrogen) atoms. The van der Waals surface area contributed by atoms with E-state index in [1.807, 2.05) is 6.07 Å². The average molecular weight is 412 g/mol. The molecule has 1 N–H and O–H groups in total. The lowest BCUT2D eigenvalue weighted by molar-refractivity contribution is -0.119. The number of anilines is 1. The largest absolute Gasteiger partial charge is 0.324 e. The van der Waals surface area contributed by atoms with Gasteiger partial charge in [0, 0.05) is 17.0 Å². The first-order valence-electron chi connectivity index (χ1n) is 8.84. The summed E-state index contributed by atoms with van der Waals surface area (Å²) in [6, 6.07) is 12.4. The molecule has 2 heterocycles. The van der Waals surface area contributed by atoms with Gasteiger partial charge in [-0.05, 0) is 47.7 Å². The van der Waals surface area contributed by atoms with Gasteiger partial charge in [-0.2, -0.15) is 4.68 Å². The highest BCUT2D eigenvalue weighted by Crippen LogP contribution is 2.25. The number of nitrogens with zero attached hydrogens (tertiary/aromatic N) is 5. The topological polar surface area (TPSA) is 93.0 Å². The van der Waals surface area contributed by atoms with Crippen LogP contribution < -0.4 is 5.32 Å². The molecule has 2 amide bonds. The van der Waals surface area contributed by atoms with E-state index in [9.17, 15) is 14.0 Å². The fourth-order valence-corrected chi connectivity index (χ4v) is 4.19. The number of carbonyl (C=O) groups is 2. The van der Waals surface area contributed by atoms with Crippen molar-refractivity contribution in [3.63, 3.8) is 0 Å². The van der Waals surface area contributed by atoms with E-state index < -0.39 is 11.9 Å². The zero-order valence-corrected chi connectivity index (χ0v) is 16.3. The molecule has 1 saturated heterocycles. The molecule has 0 spiro atoms. The highest BCUT2D eigenvalue weighted by atomic mass is 32.2. The third kappa shape index (κ3) is 3.83. The number of amides is 2. The third-order valence-corrected chi connectivity index (χ3v) is 5.55. The summed E-state index contributed by atoms with van der Waals surface area (Å²) in [6.07, 6.45) is 0. The van der Waals surface area contributed by atoms with Gasteiger partial charge in [0.1, 0.15) is 17.5 Å². The standard InChI is InChI=1S/C19H17FN6O2S/c1-12-22-23-24-26(12)16-9-14(7-8-15(16)20)21-18(27)17-10-29-11-25(17)19(28)13-5-3-2-4-6-13/h2-9,17H,10-11H2,1H3,(H,21,27)/t17-/m0/s1. The van der Waals surface area contributed by atoms with Crippen molar-refractivity contribution in [2.24, 2.45) is 0 Å². The fraction of sp³-hybridized carbons (Fsp3) is 0.211. The zero-order chi connectivity index (χ0) is 20.4. The monoisotopic (exact) mass is 412 g/mol. The lowest BCUT2D eigenvalue weighted by Crippen LogP contribution is -2.44. The number of benzene rings is 2. The predicted molar refractivity (Wildman–Crippen MR) is 106 cm³/mol. The Morgan fingerprint density at radius 1 is 1.21 bits per heavy atom. The van der Waals surface area contributed by atoms with Crippen LogP contribution in [0.3, 0.4) is 0 Å². The van der Waals surface area contributed by atoms with Gasteiger partial charge in [-0.25, -0.2) is 4.39 Å². The first-order chi connectivity index (χ1) is 14.0. The van der Waals surface area contributed by atoms with E-state index in [1.54, 1.807) is 36.1 Å². The highest BCUT2D eigenvalue weighted by molar-refractivity contribution is 7.99. The summed E-state index contributed by atoms with van der Waals surface area (Å²) < 4.78 is 15.5. The van der Waals surface area contributed by atoms with E-state index in [-0.39, 0.29) is 17.5 Å². The number of halogens is 1. The van der Waals surface area contributed by atoms with Gasteiger partial charge in [0.05, 0.1) is 5.88 Å². The summed E-state index contributed by atoms with van der Waals surface area (Å²) in [5.74, 6) is 0.301. The van der Waals surface area contributed by atoms with Crippen LogP contribution in [-0.2, 0) is 4.79 Å². The predicted octanol–water partition coefficient (Wildman–Crippen LogP) is 2.26. The van der Waals surface area contributed by atoms with Crippen LogP contribution in [0.4, 0.5) is 10.1 Å². The molecular weight excluding hydrogens is 395 g/mol. The summed E-state index contributed by atoms with van der Waals surface area (Å²) >= 11 is 1.51. The molecule has 1 fully saturated rings. The molecule has 0 bridgehead atoms. The molecule has 4 rings (SSSR count). The second-order valence-electron chi connectivity index (χ2n) is 6.45. The SMILES string of the molecule is Cc1nnnn1-c1cc(NC(=O)[C@@H]2CSCN2C(=O)c2ccccc2)ccc1F. The number of hydrogen-bond donors (Lipinski definition) is 1. The second kappa shape index (κ2) is 8.00. The van der Waals surface area contributed by atoms with E-state index in [4.69, 9.17) is 0 Å². The number of thioether (sulfide) groups is 1. The Bertz CT molecular complexity index is 1060. The molecule has 0 aliphatic carbocycles. The number of aromatic nitrogens is 4. The average Bonchev–Trinajstić information content (AvgIpc) is 3.39. The summed E-state index contributed by atoms with van der Waals surface area (Å²) in [7, 11) is 0. The van der Waals surface area contributed by atoms with Crippen molar-refractivity contribution in [3.05, 3.63) is 65.7 Å². The van der Waals surface area contributed by atoms with E-state index in [0.717, 1.165) is 0 Å². The number of hydrogen-bond acceptors (Lipinski definition) is 6. The van der Waals surface area contributed by atoms with E-state index in [1.165, 1.54) is 34.6 Å². The molecule has 8 nitrogen and oxygen atoms in total. The minimum atomic E-state index is -0.615. The molecule has 1 aromatic heterocycles. The van der Waals surface area contributed by atoms with Crippen LogP contribution >= 0.6 is 11.8 Å². The van der Waals surface area contributed by atoms with Gasteiger partial charge < -0.3 is 10.2 Å². The van der Waals surface area contributed by atoms with Crippen LogP contribution in [0, 0.1) is 12.7 Å². The van der Waals surface area contributed by atoms with Crippen LogP contribution in [0.15, 0.2) is 48.5 Å². The molecular formula is C19H17FN6O2S. The van der Waals surface area contributed by atoms with E-state index in [2.05, 4.69) is 20.8 Å². The van der Waals surface area contributed by atoms with Crippen molar-refractivity contribution >= 4 is 29.3 Å². The molecule has 1 aliphatic rings. The Labute approximate surface area is 170 Å². The van der Waals surface area contributed by atoms with Crippen molar-refractivity contribution in [2.75, 3.05) is 16.9 Å². The number of tetrazole rings is 1. The van der Waals surface area contributed by atoms with Crippen molar-refractivity contribution in [1.82, 2.24) is 25.1 Å². The molecule has 1 aliphatic heterocycles. The van der Waals surface area contributed by atoms with Crippen molar-refractivity contribution < 1.29 is 14.0 Å². The van der Waals surface area contributed by atoms with Gasteiger partial charge in [-0.15, -0.1) is 16.9 Å². The van der Waals surface area contributed by atoms with Crippen LogP contribution in [0.25, 0.3) is 5.69 Å². The van der Waals surface area contributed by atoms with E-state index >= 15 is 0 Å². The molecule has 2 aromatic carbocycles. The Hall–Kier alpha value is -3.27. The Morgan fingerprint density at radius 2 is 2.00 bits per heavy atom. The van der Waals surface area contributed by atoms with Gasteiger partial charge >= 0.3 is 0 Å². The maximum Gasteiger partial charge on any atom is 0.255 e. The Kier molecular flexibility index (Phi) is 5.26. The van der Waals surface area contributed by atoms with Crippen molar-refractivity contribution in [1.29, 1.82) is 0 Å². The lowest BCUT2D eigenvalue weighted by Gasteiger charge is -2.23. The minimum absolute atomic E-state index is 0.128. The van der Waals surface area contributed by atoms with Crippen LogP contribution in [0.2, 0.25) is 0 Å². The third-order valence-electron chi connectivity index (χ3n) is 4.53. The second-order valence-corrected chi connectivity index (χ2v) is 7.45. The van der Waals surface area contributed by atoms with Gasteiger partial charge in [0.15, 0.2) is 5.82 Å². The van der Waals surface area contributed by atoms with Crippen LogP contribution in [0.1, 0.15) is 16.2 Å². The van der Waals surface area contributed by atoms with Gasteiger partial charge in [-0.1, -0.05) is 18.2 Å². The lowest BCUT2D eigenvalue weighted by atomic mass is 10.1. The number of rotatable bonds is 4. The van der Waals surface area contributed by atoms with Crippen LogP contribution in [-0.4, -0.2) is 54.6 Å². The summed E-state index contributed by atoms with van der Waals surface area (Å²) in [4.78, 5) is 27.2. The Balaban J connectivity index is 1.53. The summed E-state index contributed by atoms with van der Waals surface area (Å²) in [5.41, 5.74) is 1.06. The first-order valence-corrected chi connectivity index (χ1v) is 9.99. The molecule has 148 valence electrons. The van der Waals surface area contributed by atoms with Crippen molar-refractivity contribution in [2.45, 2.75) is 13.0 Å². The molecule has 0 saturated carbocycles. The molecule has 3 aromatic rings. The molecule has 0 radical (unpaired) electrons. The smallest absolute Gasteiger partial charge is 0.255 e. The van der Waals surface area contributed by atoms with E-state index in [0.29, 0.717) is 28.7 Å². The Morgan fingerprint density at radius 3 is 2.72 bits per heavy atom. The molecule has 0 unspecified atom stereocenters. The van der Waals surface area contributed by atoms with Gasteiger partial charge in [0.25, 0.3) is 5.91 Å². The maximum atomic E-state index is 14.2. The van der Waals surface area contributed by atoms with Gasteiger partial charge in [-0.3, -0.25) is 9.59 Å². The first kappa shape index (κ1) is 19.1. The molecule has 1 atom stereocenters.